The zero-order chi connectivity index (χ0) is 34.2. The van der Waals surface area contributed by atoms with Crippen LogP contribution in [0, 0.1) is 0 Å². The monoisotopic (exact) mass is 667 g/mol. The summed E-state index contributed by atoms with van der Waals surface area (Å²) in [7, 11) is 0. The molecule has 0 saturated heterocycles. The van der Waals surface area contributed by atoms with E-state index in [-0.39, 0.29) is 6.17 Å². The largest absolute Gasteiger partial charge is 0.456 e. The number of furan rings is 2. The highest BCUT2D eigenvalue weighted by atomic mass is 16.3. The summed E-state index contributed by atoms with van der Waals surface area (Å²) < 4.78 is 12.9. The fraction of sp³-hybridized carbons (Fsp3) is 0.0213. The van der Waals surface area contributed by atoms with Gasteiger partial charge in [-0.1, -0.05) is 127 Å². The van der Waals surface area contributed by atoms with Crippen LogP contribution in [0.4, 0.5) is 0 Å². The molecule has 1 aliphatic rings. The molecular weight excluding hydrogens is 639 g/mol. The molecule has 3 heterocycles. The van der Waals surface area contributed by atoms with Crippen molar-refractivity contribution < 1.29 is 8.83 Å². The van der Waals surface area contributed by atoms with Gasteiger partial charge in [-0.15, -0.1) is 0 Å². The highest BCUT2D eigenvalue weighted by Gasteiger charge is 2.25. The lowest BCUT2D eigenvalue weighted by Crippen LogP contribution is -2.33. The number of hydrogen-bond donors (Lipinski definition) is 1. The molecule has 0 radical (unpaired) electrons. The van der Waals surface area contributed by atoms with Crippen molar-refractivity contribution in [1.29, 1.82) is 0 Å². The van der Waals surface area contributed by atoms with E-state index in [4.69, 9.17) is 18.8 Å². The van der Waals surface area contributed by atoms with Crippen LogP contribution in [0.3, 0.4) is 0 Å². The number of fused-ring (bicyclic) bond motifs is 8. The van der Waals surface area contributed by atoms with Crippen molar-refractivity contribution in [3.8, 4) is 11.1 Å². The summed E-state index contributed by atoms with van der Waals surface area (Å²) >= 11 is 0. The Kier molecular flexibility index (Phi) is 6.25. The van der Waals surface area contributed by atoms with E-state index in [2.05, 4.69) is 139 Å². The van der Waals surface area contributed by atoms with Crippen molar-refractivity contribution in [3.63, 3.8) is 0 Å². The zero-order valence-electron chi connectivity index (χ0n) is 27.9. The summed E-state index contributed by atoms with van der Waals surface area (Å²) in [6.07, 6.45) is -0.348. The van der Waals surface area contributed by atoms with E-state index in [1.54, 1.807) is 0 Å². The van der Waals surface area contributed by atoms with Crippen molar-refractivity contribution in [2.75, 3.05) is 0 Å². The minimum Gasteiger partial charge on any atom is -0.456 e. The van der Waals surface area contributed by atoms with Gasteiger partial charge >= 0.3 is 0 Å². The first-order chi connectivity index (χ1) is 25.7. The van der Waals surface area contributed by atoms with Crippen LogP contribution in [-0.4, -0.2) is 11.7 Å². The Morgan fingerprint density at radius 3 is 2.02 bits per heavy atom. The van der Waals surface area contributed by atoms with Crippen LogP contribution in [0.5, 0.6) is 0 Å². The predicted molar refractivity (Wildman–Crippen MR) is 213 cm³/mol. The second-order valence-electron chi connectivity index (χ2n) is 13.4. The van der Waals surface area contributed by atoms with Crippen LogP contribution in [0.15, 0.2) is 183 Å². The van der Waals surface area contributed by atoms with E-state index in [9.17, 15) is 0 Å². The third-order valence-corrected chi connectivity index (χ3v) is 10.3. The number of para-hydroxylation sites is 2. The van der Waals surface area contributed by atoms with Gasteiger partial charge in [-0.3, -0.25) is 0 Å². The Labute approximate surface area is 298 Å². The summed E-state index contributed by atoms with van der Waals surface area (Å²) in [5.74, 6) is 1.44. The van der Waals surface area contributed by atoms with Gasteiger partial charge in [0, 0.05) is 38.2 Å². The van der Waals surface area contributed by atoms with Crippen LogP contribution in [0.25, 0.3) is 76.5 Å². The normalized spacial score (nSPS) is 14.7. The number of amidine groups is 2. The number of nitrogens with one attached hydrogen (secondary N) is 1. The SMILES string of the molecule is c1ccc2cc(C3=NC(c4cccc5oc6c(-c7ccc8oc9ccccc9c8c7)cccc6c45)=NC(c4ccc5ccccc5c4)N3)ccc2c1. The molecule has 0 amide bonds. The summed E-state index contributed by atoms with van der Waals surface area (Å²) in [5, 5.41) is 12.6. The first kappa shape index (κ1) is 28.8. The van der Waals surface area contributed by atoms with Gasteiger partial charge in [0.2, 0.25) is 0 Å². The second-order valence-corrected chi connectivity index (χ2v) is 13.4. The molecule has 0 aliphatic carbocycles. The molecule has 1 aliphatic heterocycles. The van der Waals surface area contributed by atoms with Gasteiger partial charge in [0.15, 0.2) is 5.84 Å². The average Bonchev–Trinajstić information content (AvgIpc) is 3.78. The minimum absolute atomic E-state index is 0.348. The van der Waals surface area contributed by atoms with Crippen LogP contribution in [0.1, 0.15) is 22.9 Å². The van der Waals surface area contributed by atoms with Crippen LogP contribution < -0.4 is 5.32 Å². The van der Waals surface area contributed by atoms with Gasteiger partial charge in [0.25, 0.3) is 0 Å². The summed E-state index contributed by atoms with van der Waals surface area (Å²) in [6, 6.07) is 56.9. The van der Waals surface area contributed by atoms with E-state index in [0.717, 1.165) is 82.9 Å². The van der Waals surface area contributed by atoms with Crippen molar-refractivity contribution in [2.24, 2.45) is 9.98 Å². The molecule has 244 valence electrons. The van der Waals surface area contributed by atoms with Gasteiger partial charge in [-0.2, -0.15) is 0 Å². The standard InChI is InChI=1S/C47H29N3O2/c1-3-11-30-25-33(21-19-28(30)9-1)45-48-46(34-22-20-29-10-2-4-12-31(29)26-34)50-47(49-45)38-16-8-18-42-43(38)37-15-7-14-35(44(37)52-42)32-23-24-41-39(27-32)36-13-5-6-17-40(36)51-41/h1-27,45H,(H,48,49,50). The molecule has 1 atom stereocenters. The summed E-state index contributed by atoms with van der Waals surface area (Å²) in [5.41, 5.74) is 8.46. The van der Waals surface area contributed by atoms with Gasteiger partial charge in [0.05, 0.1) is 0 Å². The average molecular weight is 668 g/mol. The van der Waals surface area contributed by atoms with Gasteiger partial charge in [-0.25, -0.2) is 9.98 Å². The lowest BCUT2D eigenvalue weighted by atomic mass is 9.98. The predicted octanol–water partition coefficient (Wildman–Crippen LogP) is 12.0. The molecule has 0 bridgehead atoms. The summed E-state index contributed by atoms with van der Waals surface area (Å²) in [4.78, 5) is 10.6. The lowest BCUT2D eigenvalue weighted by Gasteiger charge is -2.24. The molecule has 10 aromatic rings. The maximum atomic E-state index is 6.73. The smallest absolute Gasteiger partial charge is 0.160 e. The number of nitrogens with zero attached hydrogens (tertiary/aromatic N) is 2. The Hall–Kier alpha value is -6.98. The molecule has 0 saturated carbocycles. The van der Waals surface area contributed by atoms with E-state index >= 15 is 0 Å². The van der Waals surface area contributed by atoms with Gasteiger partial charge < -0.3 is 14.2 Å². The van der Waals surface area contributed by atoms with E-state index in [1.165, 1.54) is 16.2 Å². The molecule has 52 heavy (non-hydrogen) atoms. The molecule has 0 spiro atoms. The fourth-order valence-corrected chi connectivity index (χ4v) is 7.76. The Morgan fingerprint density at radius 1 is 0.462 bits per heavy atom. The molecule has 8 aromatic carbocycles. The van der Waals surface area contributed by atoms with Crippen molar-refractivity contribution in [1.82, 2.24) is 5.32 Å². The molecule has 5 heteroatoms. The molecule has 2 aromatic heterocycles. The molecule has 11 rings (SSSR count). The minimum atomic E-state index is -0.348. The van der Waals surface area contributed by atoms with Crippen molar-refractivity contribution in [3.05, 3.63) is 180 Å². The first-order valence-electron chi connectivity index (χ1n) is 17.5. The van der Waals surface area contributed by atoms with E-state index < -0.39 is 0 Å². The van der Waals surface area contributed by atoms with Gasteiger partial charge in [-0.05, 0) is 69.1 Å². The summed E-state index contributed by atoms with van der Waals surface area (Å²) in [6.45, 7) is 0. The molecule has 1 N–H and O–H groups in total. The van der Waals surface area contributed by atoms with Crippen molar-refractivity contribution >= 4 is 77.1 Å². The second kappa shape index (κ2) is 11.3. The Morgan fingerprint density at radius 2 is 1.13 bits per heavy atom. The third kappa shape index (κ3) is 4.56. The molecule has 1 unspecified atom stereocenters. The first-order valence-corrected chi connectivity index (χ1v) is 17.5. The Bertz CT molecular complexity index is 3130. The highest BCUT2D eigenvalue weighted by Crippen LogP contribution is 2.40. The van der Waals surface area contributed by atoms with E-state index in [1.807, 2.05) is 30.3 Å². The zero-order valence-corrected chi connectivity index (χ0v) is 27.9. The molecule has 5 nitrogen and oxygen atoms in total. The maximum absolute atomic E-state index is 6.73. The highest BCUT2D eigenvalue weighted by molar-refractivity contribution is 6.23. The van der Waals surface area contributed by atoms with Crippen LogP contribution >= 0.6 is 0 Å². The van der Waals surface area contributed by atoms with Crippen molar-refractivity contribution in [2.45, 2.75) is 6.17 Å². The molecular formula is C47H29N3O2. The molecule has 0 fully saturated rings. The lowest BCUT2D eigenvalue weighted by molar-refractivity contribution is 0.668. The number of rotatable bonds is 4. The third-order valence-electron chi connectivity index (χ3n) is 10.3. The topological polar surface area (TPSA) is 63.0 Å². The number of aliphatic imine (C=N–C) groups is 2. The Balaban J connectivity index is 1.10. The van der Waals surface area contributed by atoms with Crippen LogP contribution in [-0.2, 0) is 0 Å². The van der Waals surface area contributed by atoms with Crippen LogP contribution in [0.2, 0.25) is 0 Å². The fourth-order valence-electron chi connectivity index (χ4n) is 7.76. The maximum Gasteiger partial charge on any atom is 0.160 e. The van der Waals surface area contributed by atoms with Gasteiger partial charge in [0.1, 0.15) is 34.3 Å². The number of hydrogen-bond acceptors (Lipinski definition) is 5. The van der Waals surface area contributed by atoms with E-state index in [0.29, 0.717) is 5.84 Å². The quantitative estimate of drug-likeness (QED) is 0.203. The number of benzene rings is 8.